The molecule has 8 heteroatoms. The van der Waals surface area contributed by atoms with Crippen LogP contribution in [0.25, 0.3) is 0 Å². The van der Waals surface area contributed by atoms with Crippen LogP contribution < -0.4 is 10.0 Å². The lowest BCUT2D eigenvalue weighted by atomic mass is 10.1. The number of hydrogen-bond donors (Lipinski definition) is 2. The molecule has 0 atom stereocenters. The normalized spacial score (nSPS) is 15.1. The molecule has 0 radical (unpaired) electrons. The van der Waals surface area contributed by atoms with Gasteiger partial charge in [0.2, 0.25) is 0 Å². The lowest BCUT2D eigenvalue weighted by Gasteiger charge is -2.32. The number of nitrogens with zero attached hydrogens (tertiary/aromatic N) is 2. The number of hydrogen-bond acceptors (Lipinski definition) is 5. The van der Waals surface area contributed by atoms with Crippen LogP contribution in [0.1, 0.15) is 27.0 Å². The number of piperazine rings is 1. The van der Waals surface area contributed by atoms with Crippen LogP contribution in [0.4, 0.5) is 11.4 Å². The second-order valence-electron chi connectivity index (χ2n) is 9.11. The van der Waals surface area contributed by atoms with Gasteiger partial charge in [-0.2, -0.15) is 0 Å². The Morgan fingerprint density at radius 3 is 2.31 bits per heavy atom. The molecule has 1 saturated heterocycles. The van der Waals surface area contributed by atoms with Crippen LogP contribution in [0, 0.1) is 13.8 Å². The van der Waals surface area contributed by atoms with E-state index in [9.17, 15) is 13.2 Å². The van der Waals surface area contributed by atoms with Gasteiger partial charge >= 0.3 is 0 Å². The van der Waals surface area contributed by atoms with Crippen molar-refractivity contribution in [2.45, 2.75) is 25.3 Å². The monoisotopic (exact) mass is 492 g/mol. The van der Waals surface area contributed by atoms with E-state index in [1.54, 1.807) is 6.07 Å². The smallest absolute Gasteiger partial charge is 0.261 e. The van der Waals surface area contributed by atoms with E-state index >= 15 is 0 Å². The van der Waals surface area contributed by atoms with E-state index in [0.29, 0.717) is 11.3 Å². The Balaban J connectivity index is 1.40. The molecule has 1 heterocycles. The van der Waals surface area contributed by atoms with Crippen molar-refractivity contribution in [3.63, 3.8) is 0 Å². The molecule has 1 aliphatic heterocycles. The minimum atomic E-state index is -3.77. The third kappa shape index (κ3) is 6.28. The number of carbonyl (C=O) groups excluding carboxylic acids is 1. The SMILES string of the molecule is Cc1cccc(NS(=O)(=O)c2ccc(C(=O)Nc3cccc(CN4CCN(C)CC4)c3)cc2)c1C. The van der Waals surface area contributed by atoms with Crippen LogP contribution in [0.2, 0.25) is 0 Å². The molecule has 3 aromatic carbocycles. The molecule has 2 N–H and O–H groups in total. The van der Waals surface area contributed by atoms with Crippen LogP contribution in [0.5, 0.6) is 0 Å². The molecule has 3 aromatic rings. The summed E-state index contributed by atoms with van der Waals surface area (Å²) in [5.41, 5.74) is 4.68. The molecule has 1 fully saturated rings. The summed E-state index contributed by atoms with van der Waals surface area (Å²) >= 11 is 0. The number of carbonyl (C=O) groups is 1. The Morgan fingerprint density at radius 1 is 0.914 bits per heavy atom. The zero-order chi connectivity index (χ0) is 25.0. The van der Waals surface area contributed by atoms with Gasteiger partial charge in [0.05, 0.1) is 10.6 Å². The third-order valence-corrected chi connectivity index (χ3v) is 7.84. The number of sulfonamides is 1. The number of nitrogens with one attached hydrogen (secondary N) is 2. The van der Waals surface area contributed by atoms with Crippen LogP contribution >= 0.6 is 0 Å². The van der Waals surface area contributed by atoms with E-state index in [1.165, 1.54) is 24.3 Å². The first-order chi connectivity index (χ1) is 16.7. The summed E-state index contributed by atoms with van der Waals surface area (Å²) in [7, 11) is -1.63. The molecule has 4 rings (SSSR count). The molecule has 0 aromatic heterocycles. The van der Waals surface area contributed by atoms with E-state index in [-0.39, 0.29) is 10.8 Å². The zero-order valence-corrected chi connectivity index (χ0v) is 21.2. The summed E-state index contributed by atoms with van der Waals surface area (Å²) in [6.07, 6.45) is 0. The first-order valence-corrected chi connectivity index (χ1v) is 13.2. The predicted molar refractivity (Wildman–Crippen MR) is 140 cm³/mol. The topological polar surface area (TPSA) is 81.7 Å². The molecular weight excluding hydrogens is 460 g/mol. The second kappa shape index (κ2) is 10.6. The Bertz CT molecular complexity index is 1300. The number of aryl methyl sites for hydroxylation is 1. The quantitative estimate of drug-likeness (QED) is 0.519. The van der Waals surface area contributed by atoms with Crippen LogP contribution in [0.3, 0.4) is 0 Å². The zero-order valence-electron chi connectivity index (χ0n) is 20.4. The highest BCUT2D eigenvalue weighted by Crippen LogP contribution is 2.22. The van der Waals surface area contributed by atoms with E-state index in [4.69, 9.17) is 0 Å². The van der Waals surface area contributed by atoms with Gasteiger partial charge in [-0.15, -0.1) is 0 Å². The van der Waals surface area contributed by atoms with Crippen molar-refractivity contribution in [3.05, 3.63) is 89.0 Å². The molecule has 0 unspecified atom stereocenters. The summed E-state index contributed by atoms with van der Waals surface area (Å²) < 4.78 is 28.3. The molecule has 0 saturated carbocycles. The van der Waals surface area contributed by atoms with Crippen molar-refractivity contribution in [1.82, 2.24) is 9.80 Å². The second-order valence-corrected chi connectivity index (χ2v) is 10.8. The first kappa shape index (κ1) is 24.9. The predicted octanol–water partition coefficient (Wildman–Crippen LogP) is 4.10. The van der Waals surface area contributed by atoms with Gasteiger partial charge in [-0.1, -0.05) is 24.3 Å². The lowest BCUT2D eigenvalue weighted by molar-refractivity contribution is 0.102. The maximum absolute atomic E-state index is 12.8. The van der Waals surface area contributed by atoms with Gasteiger partial charge in [0.25, 0.3) is 15.9 Å². The minimum absolute atomic E-state index is 0.101. The van der Waals surface area contributed by atoms with Gasteiger partial charge in [-0.05, 0) is 80.1 Å². The molecule has 7 nitrogen and oxygen atoms in total. The maximum atomic E-state index is 12.8. The van der Waals surface area contributed by atoms with Gasteiger partial charge in [0, 0.05) is 44.0 Å². The van der Waals surface area contributed by atoms with Gasteiger partial charge in [0.15, 0.2) is 0 Å². The third-order valence-electron chi connectivity index (χ3n) is 6.46. The van der Waals surface area contributed by atoms with Crippen LogP contribution in [-0.4, -0.2) is 57.4 Å². The van der Waals surface area contributed by atoms with Crippen molar-refractivity contribution in [3.8, 4) is 0 Å². The molecule has 0 aliphatic carbocycles. The maximum Gasteiger partial charge on any atom is 0.261 e. The largest absolute Gasteiger partial charge is 0.322 e. The Morgan fingerprint density at radius 2 is 1.60 bits per heavy atom. The molecule has 1 amide bonds. The minimum Gasteiger partial charge on any atom is -0.322 e. The van der Waals surface area contributed by atoms with Crippen LogP contribution in [0.15, 0.2) is 71.6 Å². The fraction of sp³-hybridized carbons (Fsp3) is 0.296. The summed E-state index contributed by atoms with van der Waals surface area (Å²) in [4.78, 5) is 17.6. The number of likely N-dealkylation sites (N-methyl/N-ethyl adjacent to an activating group) is 1. The van der Waals surface area contributed by atoms with Gasteiger partial charge < -0.3 is 10.2 Å². The highest BCUT2D eigenvalue weighted by Gasteiger charge is 2.17. The summed E-state index contributed by atoms with van der Waals surface area (Å²) in [6, 6.07) is 19.3. The van der Waals surface area contributed by atoms with Gasteiger partial charge in [-0.3, -0.25) is 14.4 Å². The molecule has 35 heavy (non-hydrogen) atoms. The Kier molecular flexibility index (Phi) is 7.54. The number of amides is 1. The number of benzene rings is 3. The molecule has 0 spiro atoms. The van der Waals surface area contributed by atoms with Crippen molar-refractivity contribution in [2.75, 3.05) is 43.3 Å². The van der Waals surface area contributed by atoms with E-state index in [0.717, 1.165) is 55.1 Å². The van der Waals surface area contributed by atoms with Crippen molar-refractivity contribution in [2.24, 2.45) is 0 Å². The number of anilines is 2. The highest BCUT2D eigenvalue weighted by atomic mass is 32.2. The van der Waals surface area contributed by atoms with Crippen molar-refractivity contribution >= 4 is 27.3 Å². The van der Waals surface area contributed by atoms with E-state index in [2.05, 4.69) is 33.0 Å². The Hall–Kier alpha value is -3.20. The van der Waals surface area contributed by atoms with Crippen molar-refractivity contribution < 1.29 is 13.2 Å². The fourth-order valence-electron chi connectivity index (χ4n) is 4.07. The Labute approximate surface area is 207 Å². The molecule has 0 bridgehead atoms. The van der Waals surface area contributed by atoms with Crippen molar-refractivity contribution in [1.29, 1.82) is 0 Å². The number of rotatable bonds is 7. The first-order valence-electron chi connectivity index (χ1n) is 11.7. The molecular formula is C27H32N4O3S. The summed E-state index contributed by atoms with van der Waals surface area (Å²) in [5.74, 6) is -0.284. The summed E-state index contributed by atoms with van der Waals surface area (Å²) in [6.45, 7) is 8.83. The molecule has 1 aliphatic rings. The average molecular weight is 493 g/mol. The van der Waals surface area contributed by atoms with Crippen LogP contribution in [-0.2, 0) is 16.6 Å². The van der Waals surface area contributed by atoms with E-state index in [1.807, 2.05) is 44.2 Å². The fourth-order valence-corrected chi connectivity index (χ4v) is 5.19. The standard InChI is InChI=1S/C27H32N4O3S/c1-20-6-4-9-26(21(20)2)29-35(33,34)25-12-10-23(11-13-25)27(32)28-24-8-5-7-22(18-24)19-31-16-14-30(3)15-17-31/h4-13,18,29H,14-17,19H2,1-3H3,(H,28,32). The van der Waals surface area contributed by atoms with Gasteiger partial charge in [0.1, 0.15) is 0 Å². The summed E-state index contributed by atoms with van der Waals surface area (Å²) in [5, 5.41) is 2.92. The van der Waals surface area contributed by atoms with Gasteiger partial charge in [-0.25, -0.2) is 8.42 Å². The lowest BCUT2D eigenvalue weighted by Crippen LogP contribution is -2.43. The van der Waals surface area contributed by atoms with E-state index < -0.39 is 10.0 Å². The molecule has 184 valence electrons. The highest BCUT2D eigenvalue weighted by molar-refractivity contribution is 7.92. The average Bonchev–Trinajstić information content (AvgIpc) is 2.84.